The van der Waals surface area contributed by atoms with Crippen LogP contribution in [-0.2, 0) is 9.47 Å². The Labute approximate surface area is 163 Å². The van der Waals surface area contributed by atoms with E-state index in [-0.39, 0.29) is 6.29 Å². The first kappa shape index (κ1) is 21.0. The van der Waals surface area contributed by atoms with Crippen LogP contribution in [0.5, 0.6) is 0 Å². The summed E-state index contributed by atoms with van der Waals surface area (Å²) in [6.45, 7) is 3.60. The summed E-state index contributed by atoms with van der Waals surface area (Å²) in [4.78, 5) is 0. The van der Waals surface area contributed by atoms with Gasteiger partial charge in [-0.05, 0) is 94.5 Å². The van der Waals surface area contributed by atoms with Crippen LogP contribution < -0.4 is 0 Å². The van der Waals surface area contributed by atoms with E-state index in [1.165, 1.54) is 51.4 Å². The molecule has 0 aromatic rings. The van der Waals surface area contributed by atoms with E-state index in [4.69, 9.17) is 9.47 Å². The lowest BCUT2D eigenvalue weighted by Gasteiger charge is -2.41. The average Bonchev–Trinajstić information content (AvgIpc) is 2.69. The van der Waals surface area contributed by atoms with E-state index < -0.39 is 6.08 Å². The fourth-order valence-electron chi connectivity index (χ4n) is 5.49. The second-order valence-corrected chi connectivity index (χ2v) is 8.80. The molecule has 1 aliphatic heterocycles. The first-order valence-corrected chi connectivity index (χ1v) is 11.0. The first-order chi connectivity index (χ1) is 13.2. The highest BCUT2D eigenvalue weighted by atomic mass is 19.3. The number of ether oxygens (including phenoxy) is 2. The van der Waals surface area contributed by atoms with Gasteiger partial charge in [0.15, 0.2) is 6.29 Å². The first-order valence-electron chi connectivity index (χ1n) is 11.0. The average molecular weight is 383 g/mol. The number of hydrogen-bond acceptors (Lipinski definition) is 2. The third-order valence-electron chi connectivity index (χ3n) is 7.12. The van der Waals surface area contributed by atoms with Crippen molar-refractivity contribution in [3.63, 3.8) is 0 Å². The molecule has 2 nitrogen and oxygen atoms in total. The molecule has 1 heterocycles. The molecule has 3 fully saturated rings. The molecule has 154 valence electrons. The van der Waals surface area contributed by atoms with Gasteiger partial charge in [0.2, 0.25) is 0 Å². The monoisotopic (exact) mass is 382 g/mol. The highest BCUT2D eigenvalue weighted by Gasteiger charge is 2.35. The topological polar surface area (TPSA) is 18.5 Å². The van der Waals surface area contributed by atoms with Gasteiger partial charge in [0, 0.05) is 12.3 Å². The second-order valence-electron chi connectivity index (χ2n) is 8.80. The van der Waals surface area contributed by atoms with Gasteiger partial charge in [-0.15, -0.1) is 0 Å². The molecule has 0 radical (unpaired) electrons. The lowest BCUT2D eigenvalue weighted by Crippen LogP contribution is -2.38. The molecule has 1 saturated heterocycles. The molecule has 27 heavy (non-hydrogen) atoms. The SMILES string of the molecule is CC=CC1CCC(C2CCC(C3COC(CCC=C(F)F)OC3)CC2)CC1. The fourth-order valence-corrected chi connectivity index (χ4v) is 5.49. The molecule has 0 N–H and O–H groups in total. The van der Waals surface area contributed by atoms with Crippen molar-refractivity contribution < 1.29 is 18.3 Å². The summed E-state index contributed by atoms with van der Waals surface area (Å²) < 4.78 is 35.8. The summed E-state index contributed by atoms with van der Waals surface area (Å²) >= 11 is 0. The summed E-state index contributed by atoms with van der Waals surface area (Å²) in [6.07, 6.45) is 15.4. The maximum absolute atomic E-state index is 12.1. The van der Waals surface area contributed by atoms with Gasteiger partial charge in [-0.1, -0.05) is 12.2 Å². The number of hydrogen-bond donors (Lipinski definition) is 0. The van der Waals surface area contributed by atoms with Gasteiger partial charge in [0.05, 0.1) is 13.2 Å². The van der Waals surface area contributed by atoms with E-state index in [0.717, 1.165) is 37.0 Å². The Morgan fingerprint density at radius 1 is 0.815 bits per heavy atom. The van der Waals surface area contributed by atoms with Crippen molar-refractivity contribution in [2.75, 3.05) is 13.2 Å². The zero-order chi connectivity index (χ0) is 19.1. The van der Waals surface area contributed by atoms with Crippen molar-refractivity contribution in [2.45, 2.75) is 77.4 Å². The molecule has 0 spiro atoms. The van der Waals surface area contributed by atoms with Gasteiger partial charge in [-0.3, -0.25) is 0 Å². The van der Waals surface area contributed by atoms with Gasteiger partial charge in [0.1, 0.15) is 0 Å². The zero-order valence-electron chi connectivity index (χ0n) is 16.8. The van der Waals surface area contributed by atoms with Crippen LogP contribution in [0.25, 0.3) is 0 Å². The predicted molar refractivity (Wildman–Crippen MR) is 104 cm³/mol. The van der Waals surface area contributed by atoms with Crippen molar-refractivity contribution in [3.05, 3.63) is 24.3 Å². The van der Waals surface area contributed by atoms with E-state index in [1.54, 1.807) is 0 Å². The minimum absolute atomic E-state index is 0.305. The Kier molecular flexibility index (Phi) is 8.32. The van der Waals surface area contributed by atoms with Crippen molar-refractivity contribution >= 4 is 0 Å². The lowest BCUT2D eigenvalue weighted by molar-refractivity contribution is -0.212. The standard InChI is InChI=1S/C23H36F2O2/c1-2-4-17-7-9-18(10-8-17)19-11-13-20(14-12-19)21-15-26-23(27-16-21)6-3-5-22(24)25/h2,4-5,17-21,23H,3,6-16H2,1H3. The van der Waals surface area contributed by atoms with Crippen LogP contribution >= 0.6 is 0 Å². The predicted octanol–water partition coefficient (Wildman–Crippen LogP) is 6.73. The van der Waals surface area contributed by atoms with Crippen LogP contribution in [0, 0.1) is 29.6 Å². The van der Waals surface area contributed by atoms with E-state index in [2.05, 4.69) is 19.1 Å². The number of rotatable bonds is 6. The quantitative estimate of drug-likeness (QED) is 0.474. The Hall–Kier alpha value is -0.740. The van der Waals surface area contributed by atoms with Gasteiger partial charge in [-0.25, -0.2) is 0 Å². The molecule has 3 aliphatic rings. The van der Waals surface area contributed by atoms with Crippen LogP contribution in [0.4, 0.5) is 8.78 Å². The van der Waals surface area contributed by atoms with Crippen molar-refractivity contribution in [2.24, 2.45) is 29.6 Å². The van der Waals surface area contributed by atoms with Crippen molar-refractivity contribution in [1.82, 2.24) is 0 Å². The lowest BCUT2D eigenvalue weighted by atomic mass is 9.67. The van der Waals surface area contributed by atoms with Gasteiger partial charge >= 0.3 is 0 Å². The molecule has 0 aromatic heterocycles. The van der Waals surface area contributed by atoms with E-state index in [9.17, 15) is 8.78 Å². The molecule has 0 aromatic carbocycles. The maximum Gasteiger partial charge on any atom is 0.266 e. The molecular formula is C23H36F2O2. The fraction of sp³-hybridized carbons (Fsp3) is 0.826. The molecule has 2 aliphatic carbocycles. The van der Waals surface area contributed by atoms with Crippen LogP contribution in [0.15, 0.2) is 24.3 Å². The summed E-state index contributed by atoms with van der Waals surface area (Å²) in [6, 6.07) is 0. The van der Waals surface area contributed by atoms with Crippen molar-refractivity contribution in [1.29, 1.82) is 0 Å². The van der Waals surface area contributed by atoms with E-state index in [1.807, 2.05) is 0 Å². The molecule has 4 heteroatoms. The normalized spacial score (nSPS) is 38.0. The van der Waals surface area contributed by atoms with E-state index >= 15 is 0 Å². The molecule has 2 saturated carbocycles. The molecule has 0 bridgehead atoms. The summed E-state index contributed by atoms with van der Waals surface area (Å²) in [5, 5.41) is 0. The summed E-state index contributed by atoms with van der Waals surface area (Å²) in [5.74, 6) is 3.89. The van der Waals surface area contributed by atoms with Gasteiger partial charge < -0.3 is 9.47 Å². The maximum atomic E-state index is 12.1. The Balaban J connectivity index is 1.34. The largest absolute Gasteiger partial charge is 0.352 e. The van der Waals surface area contributed by atoms with Crippen molar-refractivity contribution in [3.8, 4) is 0 Å². The zero-order valence-corrected chi connectivity index (χ0v) is 16.8. The molecule has 0 amide bonds. The third-order valence-corrected chi connectivity index (χ3v) is 7.12. The van der Waals surface area contributed by atoms with Crippen LogP contribution in [0.3, 0.4) is 0 Å². The van der Waals surface area contributed by atoms with Gasteiger partial charge in [-0.2, -0.15) is 8.78 Å². The second kappa shape index (κ2) is 10.7. The van der Waals surface area contributed by atoms with Crippen LogP contribution in [0.1, 0.15) is 71.1 Å². The summed E-state index contributed by atoms with van der Waals surface area (Å²) in [5.41, 5.74) is 0. The minimum Gasteiger partial charge on any atom is -0.352 e. The van der Waals surface area contributed by atoms with Crippen LogP contribution in [-0.4, -0.2) is 19.5 Å². The smallest absolute Gasteiger partial charge is 0.266 e. The number of halogens is 2. The number of allylic oxidation sites excluding steroid dienone is 3. The Morgan fingerprint density at radius 2 is 1.33 bits per heavy atom. The molecule has 0 unspecified atom stereocenters. The van der Waals surface area contributed by atoms with E-state index in [0.29, 0.717) is 24.7 Å². The molecule has 3 rings (SSSR count). The van der Waals surface area contributed by atoms with Gasteiger partial charge in [0.25, 0.3) is 6.08 Å². The highest BCUT2D eigenvalue weighted by Crippen LogP contribution is 2.43. The van der Waals surface area contributed by atoms with Crippen LogP contribution in [0.2, 0.25) is 0 Å². The highest BCUT2D eigenvalue weighted by molar-refractivity contribution is 4.91. The minimum atomic E-state index is -1.62. The molecule has 0 atom stereocenters. The molecular weight excluding hydrogens is 346 g/mol. The Morgan fingerprint density at radius 3 is 1.85 bits per heavy atom. The summed E-state index contributed by atoms with van der Waals surface area (Å²) in [7, 11) is 0. The third kappa shape index (κ3) is 6.39. The Bertz CT molecular complexity index is 477.